The number of hydrogen-bond donors (Lipinski definition) is 1. The molecule has 0 amide bonds. The van der Waals surface area contributed by atoms with Gasteiger partial charge in [-0.3, -0.25) is 0 Å². The fraction of sp³-hybridized carbons (Fsp3) is 0.556. The number of nitrogens with one attached hydrogen (secondary N) is 1. The molecule has 1 aromatic rings. The summed E-state index contributed by atoms with van der Waals surface area (Å²) in [6.45, 7) is 3.72. The normalized spacial score (nSPS) is 26.4. The second-order valence-corrected chi connectivity index (χ2v) is 4.87. The monoisotopic (exact) mass is 305 g/mol. The van der Waals surface area contributed by atoms with Gasteiger partial charge >= 0.3 is 0 Å². The highest BCUT2D eigenvalue weighted by Gasteiger charge is 2.30. The second-order valence-electron chi connectivity index (χ2n) is 3.71. The Morgan fingerprint density at radius 3 is 3.14 bits per heavy atom. The average molecular weight is 305 g/mol. The van der Waals surface area contributed by atoms with E-state index in [1.807, 2.05) is 0 Å². The first-order valence-corrected chi connectivity index (χ1v) is 5.59. The first kappa shape index (κ1) is 10.1. The van der Waals surface area contributed by atoms with E-state index < -0.39 is 0 Å². The molecule has 0 radical (unpaired) electrons. The molecule has 2 rings (SSSR count). The van der Waals surface area contributed by atoms with Crippen LogP contribution in [-0.2, 0) is 4.74 Å². The molecule has 0 aliphatic carbocycles. The Balaban J connectivity index is 2.14. The minimum Gasteiger partial charge on any atom is -0.379 e. The van der Waals surface area contributed by atoms with Crippen LogP contribution in [0.15, 0.2) is 12.5 Å². The fourth-order valence-corrected chi connectivity index (χ4v) is 1.89. The molecule has 1 saturated heterocycles. The van der Waals surface area contributed by atoms with Gasteiger partial charge < -0.3 is 10.1 Å². The molecule has 0 bridgehead atoms. The molecular formula is C9H12IN3O. The van der Waals surface area contributed by atoms with Gasteiger partial charge in [0, 0.05) is 12.8 Å². The van der Waals surface area contributed by atoms with Gasteiger partial charge in [0.15, 0.2) is 0 Å². The van der Waals surface area contributed by atoms with Crippen LogP contribution in [0, 0.1) is 3.57 Å². The van der Waals surface area contributed by atoms with Gasteiger partial charge in [0.05, 0.1) is 15.7 Å². The molecule has 5 heteroatoms. The highest BCUT2D eigenvalue weighted by molar-refractivity contribution is 14.1. The largest absolute Gasteiger partial charge is 0.379 e. The van der Waals surface area contributed by atoms with Crippen LogP contribution in [0.25, 0.3) is 0 Å². The van der Waals surface area contributed by atoms with Gasteiger partial charge in [-0.2, -0.15) is 0 Å². The van der Waals surface area contributed by atoms with Crippen LogP contribution in [0.1, 0.15) is 13.3 Å². The van der Waals surface area contributed by atoms with Crippen molar-refractivity contribution in [1.82, 2.24) is 9.97 Å². The molecule has 1 N–H and O–H groups in total. The number of anilines is 1. The van der Waals surface area contributed by atoms with Crippen molar-refractivity contribution in [3.63, 3.8) is 0 Å². The molecule has 1 aromatic heterocycles. The lowest BCUT2D eigenvalue weighted by Crippen LogP contribution is -2.35. The second kappa shape index (κ2) is 3.98. The summed E-state index contributed by atoms with van der Waals surface area (Å²) >= 11 is 2.23. The van der Waals surface area contributed by atoms with E-state index in [1.165, 1.54) is 0 Å². The Bertz CT molecular complexity index is 326. The fourth-order valence-electron chi connectivity index (χ4n) is 1.46. The molecule has 14 heavy (non-hydrogen) atoms. The smallest absolute Gasteiger partial charge is 0.143 e. The minimum absolute atomic E-state index is 0.0221. The summed E-state index contributed by atoms with van der Waals surface area (Å²) in [6, 6.07) is 0. The van der Waals surface area contributed by atoms with E-state index in [2.05, 4.69) is 44.8 Å². The molecule has 2 heterocycles. The minimum atomic E-state index is 0.0221. The molecule has 4 nitrogen and oxygen atoms in total. The van der Waals surface area contributed by atoms with Crippen LogP contribution in [-0.4, -0.2) is 28.7 Å². The Kier molecular flexibility index (Phi) is 2.87. The van der Waals surface area contributed by atoms with Crippen LogP contribution in [0.5, 0.6) is 0 Å². The molecule has 76 valence electrons. The van der Waals surface area contributed by atoms with E-state index in [0.717, 1.165) is 29.0 Å². The lowest BCUT2D eigenvalue weighted by Gasteiger charge is -2.24. The Morgan fingerprint density at radius 1 is 1.64 bits per heavy atom. The molecule has 1 atom stereocenters. The number of ether oxygens (including phenoxy) is 1. The third-order valence-electron chi connectivity index (χ3n) is 2.31. The van der Waals surface area contributed by atoms with Crippen LogP contribution in [0.2, 0.25) is 0 Å². The van der Waals surface area contributed by atoms with Gasteiger partial charge in [-0.1, -0.05) is 0 Å². The van der Waals surface area contributed by atoms with E-state index in [-0.39, 0.29) is 5.54 Å². The lowest BCUT2D eigenvalue weighted by atomic mass is 10.0. The van der Waals surface area contributed by atoms with Crippen molar-refractivity contribution in [3.05, 3.63) is 16.1 Å². The third kappa shape index (κ3) is 2.14. The number of halogens is 1. The lowest BCUT2D eigenvalue weighted by molar-refractivity contribution is 0.185. The van der Waals surface area contributed by atoms with Crippen molar-refractivity contribution in [2.24, 2.45) is 0 Å². The van der Waals surface area contributed by atoms with E-state index in [0.29, 0.717) is 0 Å². The van der Waals surface area contributed by atoms with Crippen LogP contribution >= 0.6 is 22.6 Å². The van der Waals surface area contributed by atoms with E-state index >= 15 is 0 Å². The number of hydrogen-bond acceptors (Lipinski definition) is 4. The van der Waals surface area contributed by atoms with Crippen molar-refractivity contribution in [2.45, 2.75) is 18.9 Å². The zero-order valence-electron chi connectivity index (χ0n) is 7.96. The van der Waals surface area contributed by atoms with Gasteiger partial charge in [0.2, 0.25) is 0 Å². The number of aromatic nitrogens is 2. The van der Waals surface area contributed by atoms with Crippen molar-refractivity contribution in [1.29, 1.82) is 0 Å². The number of rotatable bonds is 2. The number of nitrogens with zero attached hydrogens (tertiary/aromatic N) is 2. The highest BCUT2D eigenvalue weighted by Crippen LogP contribution is 2.24. The highest BCUT2D eigenvalue weighted by atomic mass is 127. The van der Waals surface area contributed by atoms with Crippen LogP contribution < -0.4 is 5.32 Å². The van der Waals surface area contributed by atoms with E-state index in [1.54, 1.807) is 12.5 Å². The summed E-state index contributed by atoms with van der Waals surface area (Å²) in [5.74, 6) is 0.897. The van der Waals surface area contributed by atoms with Crippen molar-refractivity contribution in [3.8, 4) is 0 Å². The first-order valence-electron chi connectivity index (χ1n) is 4.51. The predicted molar refractivity (Wildman–Crippen MR) is 62.2 cm³/mol. The summed E-state index contributed by atoms with van der Waals surface area (Å²) in [5, 5.41) is 3.40. The summed E-state index contributed by atoms with van der Waals surface area (Å²) in [4.78, 5) is 8.15. The standard InChI is InChI=1S/C9H12IN3O/c1-9(2-3-14-5-9)13-8-7(10)4-11-6-12-8/h4,6H,2-3,5H2,1H3,(H,11,12,13). The van der Waals surface area contributed by atoms with Crippen molar-refractivity contribution in [2.75, 3.05) is 18.5 Å². The Hall–Kier alpha value is -0.430. The molecule has 1 unspecified atom stereocenters. The maximum absolute atomic E-state index is 5.36. The summed E-state index contributed by atoms with van der Waals surface area (Å²) in [5.41, 5.74) is 0.0221. The topological polar surface area (TPSA) is 47.0 Å². The molecule has 0 spiro atoms. The van der Waals surface area contributed by atoms with Gasteiger partial charge in [-0.05, 0) is 35.9 Å². The van der Waals surface area contributed by atoms with Gasteiger partial charge in [0.1, 0.15) is 12.1 Å². The quantitative estimate of drug-likeness (QED) is 0.845. The summed E-state index contributed by atoms with van der Waals surface area (Å²) < 4.78 is 6.40. The van der Waals surface area contributed by atoms with Gasteiger partial charge in [0.25, 0.3) is 0 Å². The molecule has 1 aliphatic heterocycles. The van der Waals surface area contributed by atoms with E-state index in [9.17, 15) is 0 Å². The maximum Gasteiger partial charge on any atom is 0.143 e. The van der Waals surface area contributed by atoms with Crippen molar-refractivity contribution < 1.29 is 4.74 Å². The van der Waals surface area contributed by atoms with Crippen LogP contribution in [0.3, 0.4) is 0 Å². The predicted octanol–water partition coefficient (Wildman–Crippen LogP) is 1.67. The zero-order valence-corrected chi connectivity index (χ0v) is 10.1. The maximum atomic E-state index is 5.36. The Labute approximate surface area is 96.6 Å². The molecule has 1 aliphatic rings. The third-order valence-corrected chi connectivity index (χ3v) is 3.10. The Morgan fingerprint density at radius 2 is 2.50 bits per heavy atom. The van der Waals surface area contributed by atoms with Gasteiger partial charge in [-0.25, -0.2) is 9.97 Å². The molecule has 0 aromatic carbocycles. The molecular weight excluding hydrogens is 293 g/mol. The average Bonchev–Trinajstić information content (AvgIpc) is 2.57. The van der Waals surface area contributed by atoms with E-state index in [4.69, 9.17) is 4.74 Å². The summed E-state index contributed by atoms with van der Waals surface area (Å²) in [6.07, 6.45) is 4.38. The van der Waals surface area contributed by atoms with Crippen molar-refractivity contribution >= 4 is 28.4 Å². The summed E-state index contributed by atoms with van der Waals surface area (Å²) in [7, 11) is 0. The van der Waals surface area contributed by atoms with Crippen LogP contribution in [0.4, 0.5) is 5.82 Å². The molecule has 1 fully saturated rings. The zero-order chi connectivity index (χ0) is 10.0. The SMILES string of the molecule is CC1(Nc2ncncc2I)CCOC1. The molecule has 0 saturated carbocycles. The van der Waals surface area contributed by atoms with Gasteiger partial charge in [-0.15, -0.1) is 0 Å². The first-order chi connectivity index (χ1) is 6.70.